The zero-order valence-corrected chi connectivity index (χ0v) is 16.3. The summed E-state index contributed by atoms with van der Waals surface area (Å²) < 4.78 is 0. The van der Waals surface area contributed by atoms with Crippen LogP contribution in [0.15, 0.2) is 0 Å². The Morgan fingerprint density at radius 1 is 1.15 bits per heavy atom. The van der Waals surface area contributed by atoms with Gasteiger partial charge in [-0.15, -0.1) is 0 Å². The number of amides is 3. The van der Waals surface area contributed by atoms with Crippen molar-refractivity contribution in [2.45, 2.75) is 70.8 Å². The molecule has 3 amide bonds. The summed E-state index contributed by atoms with van der Waals surface area (Å²) in [5, 5.41) is 24.5. The molecular weight excluding hydrogens is 349 g/mol. The van der Waals surface area contributed by atoms with Gasteiger partial charge in [0.05, 0.1) is 5.94 Å². The average molecular weight is 381 g/mol. The second-order valence-electron chi connectivity index (χ2n) is 7.76. The second kappa shape index (κ2) is 10.1. The number of carbonyl (C=O) groups excluding carboxylic acids is 3. The summed E-state index contributed by atoms with van der Waals surface area (Å²) in [5.74, 6) is -0.640. The van der Waals surface area contributed by atoms with Crippen molar-refractivity contribution in [2.75, 3.05) is 13.1 Å². The number of hydrogen-bond acceptors (Lipinski definition) is 5. The molecule has 0 aromatic rings. The first kappa shape index (κ1) is 21.7. The molecule has 27 heavy (non-hydrogen) atoms. The van der Waals surface area contributed by atoms with Crippen LogP contribution in [-0.2, 0) is 14.4 Å². The van der Waals surface area contributed by atoms with Crippen molar-refractivity contribution in [3.05, 3.63) is 0 Å². The van der Waals surface area contributed by atoms with Crippen LogP contribution in [0, 0.1) is 11.8 Å². The largest absolute Gasteiger partial charge is 0.475 e. The first-order chi connectivity index (χ1) is 12.8. The normalized spacial score (nSPS) is 26.4. The lowest BCUT2D eigenvalue weighted by Gasteiger charge is -2.30. The fourth-order valence-corrected chi connectivity index (χ4v) is 4.03. The summed E-state index contributed by atoms with van der Waals surface area (Å²) in [4.78, 5) is 37.9. The minimum Gasteiger partial charge on any atom is -0.426 e. The predicted molar refractivity (Wildman–Crippen MR) is 101 cm³/mol. The standard InChI is InChI=1S/C18H32BN3O5/c1-3-16(23)20-11-13-6-8-14(9-7-13)17(24)21-12(2)18(25)22-10-4-5-15(22)19(26)27/h12-15,26-27H,3-11H2,1-2H3,(H,20,23)(H,21,24)/t12-,13?,14?,15+/m1/s1. The summed E-state index contributed by atoms with van der Waals surface area (Å²) in [6.07, 6.45) is 5.04. The Bertz CT molecular complexity index is 537. The molecule has 0 radical (unpaired) electrons. The van der Waals surface area contributed by atoms with Gasteiger partial charge in [-0.1, -0.05) is 6.92 Å². The third kappa shape index (κ3) is 5.94. The van der Waals surface area contributed by atoms with E-state index < -0.39 is 19.1 Å². The van der Waals surface area contributed by atoms with Crippen molar-refractivity contribution >= 4 is 24.8 Å². The van der Waals surface area contributed by atoms with E-state index in [0.717, 1.165) is 32.1 Å². The molecule has 1 aliphatic carbocycles. The highest BCUT2D eigenvalue weighted by molar-refractivity contribution is 6.43. The van der Waals surface area contributed by atoms with E-state index in [0.29, 0.717) is 31.8 Å². The van der Waals surface area contributed by atoms with Crippen LogP contribution >= 0.6 is 0 Å². The van der Waals surface area contributed by atoms with Crippen LogP contribution in [0.5, 0.6) is 0 Å². The smallest absolute Gasteiger partial charge is 0.426 e. The van der Waals surface area contributed by atoms with E-state index >= 15 is 0 Å². The molecule has 0 bridgehead atoms. The molecule has 0 unspecified atom stereocenters. The molecule has 2 rings (SSSR count). The summed E-state index contributed by atoms with van der Waals surface area (Å²) in [6.45, 7) is 4.61. The topological polar surface area (TPSA) is 119 Å². The van der Waals surface area contributed by atoms with E-state index in [1.54, 1.807) is 6.92 Å². The third-order valence-electron chi connectivity index (χ3n) is 5.78. The SMILES string of the molecule is CCC(=O)NCC1CCC(C(=O)N[C@H](C)C(=O)N2CCC[C@H]2B(O)O)CC1. The van der Waals surface area contributed by atoms with Crippen molar-refractivity contribution < 1.29 is 24.4 Å². The maximum absolute atomic E-state index is 12.6. The Hall–Kier alpha value is -1.61. The summed E-state index contributed by atoms with van der Waals surface area (Å²) in [5.41, 5.74) is 0. The Morgan fingerprint density at radius 2 is 1.81 bits per heavy atom. The number of carbonyl (C=O) groups is 3. The molecular formula is C18H32BN3O5. The highest BCUT2D eigenvalue weighted by atomic mass is 16.4. The lowest BCUT2D eigenvalue weighted by Crippen LogP contribution is -2.53. The molecule has 1 aliphatic heterocycles. The summed E-state index contributed by atoms with van der Waals surface area (Å²) in [7, 11) is -1.55. The molecule has 1 saturated carbocycles. The monoisotopic (exact) mass is 381 g/mol. The van der Waals surface area contributed by atoms with Crippen LogP contribution in [0.4, 0.5) is 0 Å². The Balaban J connectivity index is 1.76. The molecule has 0 aromatic carbocycles. The second-order valence-corrected chi connectivity index (χ2v) is 7.76. The van der Waals surface area contributed by atoms with Crippen LogP contribution in [0.25, 0.3) is 0 Å². The lowest BCUT2D eigenvalue weighted by molar-refractivity contribution is -0.137. The molecule has 1 saturated heterocycles. The summed E-state index contributed by atoms with van der Waals surface area (Å²) in [6, 6.07) is -0.682. The minimum absolute atomic E-state index is 0.0513. The highest BCUT2D eigenvalue weighted by Crippen LogP contribution is 2.28. The van der Waals surface area contributed by atoms with Gasteiger partial charge < -0.3 is 25.6 Å². The quantitative estimate of drug-likeness (QED) is 0.457. The van der Waals surface area contributed by atoms with Gasteiger partial charge in [-0.05, 0) is 51.4 Å². The highest BCUT2D eigenvalue weighted by Gasteiger charge is 2.39. The maximum atomic E-state index is 12.6. The fourth-order valence-electron chi connectivity index (χ4n) is 4.03. The number of rotatable bonds is 7. The van der Waals surface area contributed by atoms with Gasteiger partial charge in [0.1, 0.15) is 6.04 Å². The molecule has 0 spiro atoms. The van der Waals surface area contributed by atoms with Gasteiger partial charge in [-0.25, -0.2) is 0 Å². The van der Waals surface area contributed by atoms with Gasteiger partial charge in [0.25, 0.3) is 0 Å². The van der Waals surface area contributed by atoms with E-state index in [1.807, 2.05) is 6.92 Å². The maximum Gasteiger partial charge on any atom is 0.475 e. The van der Waals surface area contributed by atoms with E-state index in [2.05, 4.69) is 10.6 Å². The van der Waals surface area contributed by atoms with Gasteiger partial charge in [0.2, 0.25) is 17.7 Å². The molecule has 152 valence electrons. The van der Waals surface area contributed by atoms with Gasteiger partial charge in [0, 0.05) is 25.4 Å². The van der Waals surface area contributed by atoms with E-state index in [1.165, 1.54) is 4.90 Å². The molecule has 2 fully saturated rings. The first-order valence-corrected chi connectivity index (χ1v) is 10.1. The molecule has 4 N–H and O–H groups in total. The number of likely N-dealkylation sites (tertiary alicyclic amines) is 1. The fraction of sp³-hybridized carbons (Fsp3) is 0.833. The molecule has 2 atom stereocenters. The number of nitrogens with zero attached hydrogens (tertiary/aromatic N) is 1. The average Bonchev–Trinajstić information content (AvgIpc) is 3.15. The lowest BCUT2D eigenvalue weighted by atomic mass is 9.77. The number of nitrogens with one attached hydrogen (secondary N) is 2. The molecule has 1 heterocycles. The zero-order valence-electron chi connectivity index (χ0n) is 16.3. The zero-order chi connectivity index (χ0) is 20.0. The Morgan fingerprint density at radius 3 is 2.41 bits per heavy atom. The predicted octanol–water partition coefficient (Wildman–Crippen LogP) is -0.173. The van der Waals surface area contributed by atoms with Crippen LogP contribution in [-0.4, -0.2) is 64.9 Å². The van der Waals surface area contributed by atoms with E-state index in [4.69, 9.17) is 0 Å². The Labute approximate surface area is 161 Å². The van der Waals surface area contributed by atoms with Crippen molar-refractivity contribution in [2.24, 2.45) is 11.8 Å². The van der Waals surface area contributed by atoms with Crippen LogP contribution < -0.4 is 10.6 Å². The molecule has 0 aromatic heterocycles. The number of hydrogen-bond donors (Lipinski definition) is 4. The van der Waals surface area contributed by atoms with Crippen molar-refractivity contribution in [1.82, 2.24) is 15.5 Å². The van der Waals surface area contributed by atoms with E-state index in [-0.39, 0.29) is 23.6 Å². The van der Waals surface area contributed by atoms with Gasteiger partial charge in [-0.2, -0.15) is 0 Å². The third-order valence-corrected chi connectivity index (χ3v) is 5.78. The molecule has 9 heteroatoms. The molecule has 2 aliphatic rings. The van der Waals surface area contributed by atoms with Crippen LogP contribution in [0.3, 0.4) is 0 Å². The van der Waals surface area contributed by atoms with Crippen molar-refractivity contribution in [1.29, 1.82) is 0 Å². The molecule has 8 nitrogen and oxygen atoms in total. The van der Waals surface area contributed by atoms with E-state index in [9.17, 15) is 24.4 Å². The van der Waals surface area contributed by atoms with Gasteiger partial charge in [-0.3, -0.25) is 14.4 Å². The first-order valence-electron chi connectivity index (χ1n) is 10.1. The Kier molecular flexibility index (Phi) is 8.10. The van der Waals surface area contributed by atoms with Crippen molar-refractivity contribution in [3.63, 3.8) is 0 Å². The van der Waals surface area contributed by atoms with Crippen molar-refractivity contribution in [3.8, 4) is 0 Å². The minimum atomic E-state index is -1.55. The van der Waals surface area contributed by atoms with Gasteiger partial charge >= 0.3 is 7.12 Å². The van der Waals surface area contributed by atoms with Crippen LogP contribution in [0.1, 0.15) is 58.8 Å². The summed E-state index contributed by atoms with van der Waals surface area (Å²) >= 11 is 0. The van der Waals surface area contributed by atoms with Crippen LogP contribution in [0.2, 0.25) is 0 Å². The van der Waals surface area contributed by atoms with Gasteiger partial charge in [0.15, 0.2) is 0 Å².